The minimum absolute atomic E-state index is 0.174. The van der Waals surface area contributed by atoms with E-state index in [9.17, 15) is 13.2 Å². The van der Waals surface area contributed by atoms with Crippen molar-refractivity contribution in [2.24, 2.45) is 17.8 Å². The van der Waals surface area contributed by atoms with Crippen molar-refractivity contribution in [3.8, 4) is 0 Å². The van der Waals surface area contributed by atoms with E-state index in [0.717, 1.165) is 49.9 Å². The molecule has 0 nitrogen and oxygen atoms in total. The van der Waals surface area contributed by atoms with Gasteiger partial charge in [-0.05, 0) is 99.2 Å². The van der Waals surface area contributed by atoms with Gasteiger partial charge in [0.25, 0.3) is 0 Å². The second-order valence-electron chi connectivity index (χ2n) is 8.65. The topological polar surface area (TPSA) is 0 Å². The van der Waals surface area contributed by atoms with Gasteiger partial charge in [0.2, 0.25) is 0 Å². The molecular formula is C24H33F3. The Morgan fingerprint density at radius 1 is 0.815 bits per heavy atom. The highest BCUT2D eigenvalue weighted by atomic mass is 19.2. The van der Waals surface area contributed by atoms with Gasteiger partial charge in [0.05, 0.1) is 0 Å². The first-order valence-corrected chi connectivity index (χ1v) is 10.9. The predicted molar refractivity (Wildman–Crippen MR) is 105 cm³/mol. The summed E-state index contributed by atoms with van der Waals surface area (Å²) >= 11 is 0. The zero-order chi connectivity index (χ0) is 19.2. The van der Waals surface area contributed by atoms with Crippen molar-refractivity contribution >= 4 is 0 Å². The van der Waals surface area contributed by atoms with Crippen LogP contribution in [0.3, 0.4) is 0 Å². The van der Waals surface area contributed by atoms with Gasteiger partial charge in [-0.3, -0.25) is 0 Å². The van der Waals surface area contributed by atoms with Crippen molar-refractivity contribution in [2.45, 2.75) is 83.5 Å². The molecule has 2 aliphatic carbocycles. The third-order valence-corrected chi connectivity index (χ3v) is 6.95. The van der Waals surface area contributed by atoms with Gasteiger partial charge in [-0.2, -0.15) is 0 Å². The number of hydrogen-bond donors (Lipinski definition) is 0. The summed E-state index contributed by atoms with van der Waals surface area (Å²) in [6.07, 6.45) is 17.9. The number of halogens is 3. The lowest BCUT2D eigenvalue weighted by atomic mass is 9.68. The van der Waals surface area contributed by atoms with E-state index >= 15 is 0 Å². The number of allylic oxidation sites excluding steroid dienone is 2. The molecular weight excluding hydrogens is 345 g/mol. The molecule has 2 aliphatic rings. The zero-order valence-corrected chi connectivity index (χ0v) is 16.5. The van der Waals surface area contributed by atoms with Crippen LogP contribution in [0.2, 0.25) is 0 Å². The molecule has 27 heavy (non-hydrogen) atoms. The second kappa shape index (κ2) is 9.80. The Morgan fingerprint density at radius 2 is 1.37 bits per heavy atom. The normalized spacial score (nSPS) is 29.3. The van der Waals surface area contributed by atoms with Crippen molar-refractivity contribution < 1.29 is 13.2 Å². The van der Waals surface area contributed by atoms with Crippen LogP contribution in [0.15, 0.2) is 24.3 Å². The van der Waals surface area contributed by atoms with Crippen LogP contribution in [0.1, 0.15) is 89.0 Å². The molecule has 2 saturated carbocycles. The third kappa shape index (κ3) is 5.39. The Hall–Kier alpha value is -1.25. The Balaban J connectivity index is 1.44. The molecule has 3 rings (SSSR count). The summed E-state index contributed by atoms with van der Waals surface area (Å²) in [6, 6.07) is 2.39. The predicted octanol–water partition coefficient (Wildman–Crippen LogP) is 7.93. The smallest absolute Gasteiger partial charge is 0.194 e. The summed E-state index contributed by atoms with van der Waals surface area (Å²) in [5.74, 6) is -0.808. The molecule has 0 N–H and O–H groups in total. The highest BCUT2D eigenvalue weighted by Gasteiger charge is 2.31. The van der Waals surface area contributed by atoms with Crippen molar-refractivity contribution in [3.63, 3.8) is 0 Å². The zero-order valence-electron chi connectivity index (χ0n) is 16.5. The average Bonchev–Trinajstić information content (AvgIpc) is 2.70. The summed E-state index contributed by atoms with van der Waals surface area (Å²) < 4.78 is 40.2. The minimum Gasteiger partial charge on any atom is -0.204 e. The van der Waals surface area contributed by atoms with Crippen molar-refractivity contribution in [1.29, 1.82) is 0 Å². The Kier molecular flexibility index (Phi) is 7.43. The van der Waals surface area contributed by atoms with Crippen LogP contribution in [-0.2, 0) is 0 Å². The standard InChI is InChI=1S/C24H33F3/c1-2-3-4-5-6-17-7-9-18(10-8-17)19-11-13-20(14-12-19)21-15-22(25)24(27)23(26)16-21/h3-4,15-20H,2,5-14H2,1H3/b4-3+/t17-,18-,19-,20-. The van der Waals surface area contributed by atoms with Crippen molar-refractivity contribution in [3.05, 3.63) is 47.3 Å². The molecule has 0 unspecified atom stereocenters. The fourth-order valence-electron chi connectivity index (χ4n) is 5.30. The number of benzene rings is 1. The van der Waals surface area contributed by atoms with Crippen LogP contribution in [-0.4, -0.2) is 0 Å². The highest BCUT2D eigenvalue weighted by Crippen LogP contribution is 2.44. The summed E-state index contributed by atoms with van der Waals surface area (Å²) in [4.78, 5) is 0. The largest absolute Gasteiger partial charge is 0.204 e. The third-order valence-electron chi connectivity index (χ3n) is 6.95. The monoisotopic (exact) mass is 378 g/mol. The van der Waals surface area contributed by atoms with E-state index < -0.39 is 17.5 Å². The SMILES string of the molecule is CC/C=C/CC[C@H]1CC[C@H]([C@H]2CC[C@H](c3cc(F)c(F)c(F)c3)CC2)CC1. The maximum Gasteiger partial charge on any atom is 0.194 e. The van der Waals surface area contributed by atoms with E-state index in [4.69, 9.17) is 0 Å². The molecule has 0 radical (unpaired) electrons. The van der Waals surface area contributed by atoms with Gasteiger partial charge in [-0.15, -0.1) is 0 Å². The molecule has 3 heteroatoms. The van der Waals surface area contributed by atoms with E-state index in [0.29, 0.717) is 5.56 Å². The van der Waals surface area contributed by atoms with Crippen LogP contribution in [0.5, 0.6) is 0 Å². The average molecular weight is 379 g/mol. The Morgan fingerprint density at radius 3 is 1.93 bits per heavy atom. The first kappa shape index (κ1) is 20.5. The Bertz CT molecular complexity index is 598. The lowest BCUT2D eigenvalue weighted by Crippen LogP contribution is -2.25. The first-order valence-electron chi connectivity index (χ1n) is 10.9. The summed E-state index contributed by atoms with van der Waals surface area (Å²) in [5, 5.41) is 0. The van der Waals surface area contributed by atoms with Crippen LogP contribution >= 0.6 is 0 Å². The van der Waals surface area contributed by atoms with Gasteiger partial charge in [0, 0.05) is 0 Å². The maximum atomic E-state index is 13.5. The molecule has 0 spiro atoms. The van der Waals surface area contributed by atoms with E-state index in [1.807, 2.05) is 0 Å². The summed E-state index contributed by atoms with van der Waals surface area (Å²) in [6.45, 7) is 2.18. The molecule has 0 aromatic heterocycles. The van der Waals surface area contributed by atoms with Gasteiger partial charge in [0.1, 0.15) is 0 Å². The van der Waals surface area contributed by atoms with Gasteiger partial charge in [0.15, 0.2) is 17.5 Å². The number of hydrogen-bond acceptors (Lipinski definition) is 0. The summed E-state index contributed by atoms with van der Waals surface area (Å²) in [5.41, 5.74) is 0.633. The summed E-state index contributed by atoms with van der Waals surface area (Å²) in [7, 11) is 0. The maximum absolute atomic E-state index is 13.5. The fourth-order valence-corrected chi connectivity index (χ4v) is 5.30. The van der Waals surface area contributed by atoms with E-state index in [-0.39, 0.29) is 5.92 Å². The van der Waals surface area contributed by atoms with E-state index in [2.05, 4.69) is 19.1 Å². The van der Waals surface area contributed by atoms with Crippen LogP contribution in [0, 0.1) is 35.2 Å². The molecule has 0 saturated heterocycles. The van der Waals surface area contributed by atoms with Crippen LogP contribution in [0.4, 0.5) is 13.2 Å². The second-order valence-corrected chi connectivity index (χ2v) is 8.65. The molecule has 0 atom stereocenters. The molecule has 2 fully saturated rings. The quantitative estimate of drug-likeness (QED) is 0.348. The van der Waals surface area contributed by atoms with Gasteiger partial charge in [-0.1, -0.05) is 31.9 Å². The van der Waals surface area contributed by atoms with E-state index in [1.54, 1.807) is 0 Å². The van der Waals surface area contributed by atoms with Crippen molar-refractivity contribution in [2.75, 3.05) is 0 Å². The fraction of sp³-hybridized carbons (Fsp3) is 0.667. The number of rotatable bonds is 6. The lowest BCUT2D eigenvalue weighted by Gasteiger charge is -2.38. The molecule has 1 aromatic carbocycles. The molecule has 150 valence electrons. The molecule has 1 aromatic rings. The van der Waals surface area contributed by atoms with E-state index in [1.165, 1.54) is 50.7 Å². The van der Waals surface area contributed by atoms with Crippen LogP contribution < -0.4 is 0 Å². The highest BCUT2D eigenvalue weighted by molar-refractivity contribution is 5.23. The molecule has 0 amide bonds. The first-order chi connectivity index (χ1) is 13.1. The molecule has 0 bridgehead atoms. The minimum atomic E-state index is -1.35. The van der Waals surface area contributed by atoms with Gasteiger partial charge in [-0.25, -0.2) is 13.2 Å². The van der Waals surface area contributed by atoms with Gasteiger partial charge >= 0.3 is 0 Å². The lowest BCUT2D eigenvalue weighted by molar-refractivity contribution is 0.157. The molecule has 0 heterocycles. The Labute approximate surface area is 162 Å². The van der Waals surface area contributed by atoms with Crippen LogP contribution in [0.25, 0.3) is 0 Å². The van der Waals surface area contributed by atoms with Gasteiger partial charge < -0.3 is 0 Å². The molecule has 0 aliphatic heterocycles. The van der Waals surface area contributed by atoms with Crippen molar-refractivity contribution in [1.82, 2.24) is 0 Å².